The monoisotopic (exact) mass is 375 g/mol. The van der Waals surface area contributed by atoms with Crippen LogP contribution in [-0.4, -0.2) is 14.9 Å². The lowest BCUT2D eigenvalue weighted by atomic mass is 9.96. The number of nitrogens with zero attached hydrogens (tertiary/aromatic N) is 3. The zero-order chi connectivity index (χ0) is 20.0. The van der Waals surface area contributed by atoms with Gasteiger partial charge in [0.15, 0.2) is 5.78 Å². The second kappa shape index (κ2) is 6.50. The molecule has 0 aliphatic carbocycles. The number of carbonyl (C=O) groups is 1. The minimum absolute atomic E-state index is 0.0162. The van der Waals surface area contributed by atoms with E-state index in [1.54, 1.807) is 38.2 Å². The molecular weight excluding hydrogens is 358 g/mol. The summed E-state index contributed by atoms with van der Waals surface area (Å²) in [4.78, 5) is 38.1. The number of nitriles is 1. The predicted octanol–water partition coefficient (Wildman–Crippen LogP) is 2.24. The Bertz CT molecular complexity index is 1290. The number of carbonyl (C=O) groups excluding carboxylic acids is 1. The standard InChI is InChI=1S/C21H17N3O4/c1-12-9-18-19(21(27)23(12)2)16(25)11-17(28-18)14-10-13-5-3-4-6-15(13)24(8-7-22)20(14)26/h3-6,9-10,17H,8,11H2,1-2H3. The van der Waals surface area contributed by atoms with Crippen LogP contribution in [-0.2, 0) is 13.6 Å². The molecule has 140 valence electrons. The third kappa shape index (κ3) is 2.62. The first-order valence-electron chi connectivity index (χ1n) is 8.82. The maximum absolute atomic E-state index is 13.0. The molecule has 1 aliphatic rings. The number of fused-ring (bicyclic) bond motifs is 2. The van der Waals surface area contributed by atoms with E-state index in [1.165, 1.54) is 9.13 Å². The molecule has 0 bridgehead atoms. The molecule has 7 heteroatoms. The Balaban J connectivity index is 1.90. The molecule has 1 aromatic carbocycles. The number of hydrogen-bond acceptors (Lipinski definition) is 5. The third-order valence-corrected chi connectivity index (χ3v) is 5.16. The highest BCUT2D eigenvalue weighted by atomic mass is 16.5. The molecule has 7 nitrogen and oxygen atoms in total. The van der Waals surface area contributed by atoms with Gasteiger partial charge in [0.05, 0.1) is 23.6 Å². The lowest BCUT2D eigenvalue weighted by Crippen LogP contribution is -2.34. The van der Waals surface area contributed by atoms with Crippen LogP contribution >= 0.6 is 0 Å². The molecule has 4 rings (SSSR count). The van der Waals surface area contributed by atoms with Crippen molar-refractivity contribution >= 4 is 16.7 Å². The zero-order valence-corrected chi connectivity index (χ0v) is 15.4. The quantitative estimate of drug-likeness (QED) is 0.685. The van der Waals surface area contributed by atoms with Crippen LogP contribution in [0.25, 0.3) is 10.9 Å². The van der Waals surface area contributed by atoms with Gasteiger partial charge in [0, 0.05) is 18.8 Å². The first kappa shape index (κ1) is 17.7. The van der Waals surface area contributed by atoms with E-state index in [0.29, 0.717) is 16.8 Å². The van der Waals surface area contributed by atoms with Crippen LogP contribution in [0.2, 0.25) is 0 Å². The molecule has 0 spiro atoms. The maximum atomic E-state index is 13.0. The Morgan fingerprint density at radius 3 is 2.68 bits per heavy atom. The SMILES string of the molecule is Cc1cc2c(c(=O)n1C)C(=O)CC(c1cc3ccccc3n(CC#N)c1=O)O2. The summed E-state index contributed by atoms with van der Waals surface area (Å²) in [5.74, 6) is -0.160. The maximum Gasteiger partial charge on any atom is 0.265 e. The van der Waals surface area contributed by atoms with Crippen molar-refractivity contribution in [1.29, 1.82) is 5.26 Å². The molecule has 0 saturated carbocycles. The van der Waals surface area contributed by atoms with Crippen molar-refractivity contribution in [3.05, 3.63) is 73.9 Å². The Kier molecular flexibility index (Phi) is 4.12. The highest BCUT2D eigenvalue weighted by Gasteiger charge is 2.33. The highest BCUT2D eigenvalue weighted by Crippen LogP contribution is 2.33. The van der Waals surface area contributed by atoms with Crippen LogP contribution in [0.15, 0.2) is 46.0 Å². The van der Waals surface area contributed by atoms with Crippen molar-refractivity contribution < 1.29 is 9.53 Å². The van der Waals surface area contributed by atoms with E-state index in [4.69, 9.17) is 10.00 Å². The summed E-state index contributed by atoms with van der Waals surface area (Å²) >= 11 is 0. The lowest BCUT2D eigenvalue weighted by Gasteiger charge is -2.26. The Morgan fingerprint density at radius 2 is 1.93 bits per heavy atom. The van der Waals surface area contributed by atoms with Crippen LogP contribution in [0.3, 0.4) is 0 Å². The Hall–Kier alpha value is -3.66. The first-order chi connectivity index (χ1) is 13.4. The van der Waals surface area contributed by atoms with Crippen molar-refractivity contribution in [3.8, 4) is 11.8 Å². The summed E-state index contributed by atoms with van der Waals surface area (Å²) in [6.07, 6.45) is -0.917. The molecule has 28 heavy (non-hydrogen) atoms. The molecule has 0 N–H and O–H groups in total. The highest BCUT2D eigenvalue weighted by molar-refractivity contribution is 5.99. The van der Waals surface area contributed by atoms with Gasteiger partial charge in [0.2, 0.25) is 0 Å². The summed E-state index contributed by atoms with van der Waals surface area (Å²) in [7, 11) is 1.60. The minimum atomic E-state index is -0.812. The summed E-state index contributed by atoms with van der Waals surface area (Å²) in [6.45, 7) is 1.64. The minimum Gasteiger partial charge on any atom is -0.484 e. The van der Waals surface area contributed by atoms with Gasteiger partial charge < -0.3 is 9.30 Å². The molecule has 3 heterocycles. The molecule has 0 radical (unpaired) electrons. The van der Waals surface area contributed by atoms with Gasteiger partial charge in [-0.2, -0.15) is 5.26 Å². The van der Waals surface area contributed by atoms with Crippen molar-refractivity contribution in [2.24, 2.45) is 7.05 Å². The fourth-order valence-electron chi connectivity index (χ4n) is 3.59. The van der Waals surface area contributed by atoms with Gasteiger partial charge >= 0.3 is 0 Å². The molecule has 1 atom stereocenters. The van der Waals surface area contributed by atoms with E-state index >= 15 is 0 Å². The topological polar surface area (TPSA) is 94.1 Å². The fourth-order valence-corrected chi connectivity index (χ4v) is 3.59. The van der Waals surface area contributed by atoms with Gasteiger partial charge in [0.25, 0.3) is 11.1 Å². The fraction of sp³-hybridized carbons (Fsp3) is 0.238. The smallest absolute Gasteiger partial charge is 0.265 e. The summed E-state index contributed by atoms with van der Waals surface area (Å²) < 4.78 is 8.71. The number of ketones is 1. The number of Topliss-reactive ketones (excluding diaryl/α,β-unsaturated/α-hetero) is 1. The molecule has 0 fully saturated rings. The van der Waals surface area contributed by atoms with Gasteiger partial charge in [-0.25, -0.2) is 0 Å². The number of aromatic nitrogens is 2. The summed E-state index contributed by atoms with van der Waals surface area (Å²) in [6, 6.07) is 12.6. The lowest BCUT2D eigenvalue weighted by molar-refractivity contribution is 0.0843. The number of rotatable bonds is 2. The number of pyridine rings is 2. The second-order valence-corrected chi connectivity index (χ2v) is 6.83. The predicted molar refractivity (Wildman–Crippen MR) is 103 cm³/mol. The van der Waals surface area contributed by atoms with E-state index in [1.807, 2.05) is 18.2 Å². The van der Waals surface area contributed by atoms with E-state index in [-0.39, 0.29) is 35.6 Å². The Morgan fingerprint density at radius 1 is 1.18 bits per heavy atom. The van der Waals surface area contributed by atoms with Gasteiger partial charge in [-0.15, -0.1) is 0 Å². The Labute approximate surface area is 160 Å². The average Bonchev–Trinajstić information content (AvgIpc) is 2.67. The molecule has 3 aromatic rings. The molecule has 0 amide bonds. The van der Waals surface area contributed by atoms with Crippen LogP contribution < -0.4 is 15.9 Å². The molecule has 1 aliphatic heterocycles. The molecule has 0 saturated heterocycles. The van der Waals surface area contributed by atoms with Crippen LogP contribution in [0.5, 0.6) is 5.75 Å². The number of benzene rings is 1. The van der Waals surface area contributed by atoms with Gasteiger partial charge in [-0.05, 0) is 24.4 Å². The second-order valence-electron chi connectivity index (χ2n) is 6.83. The van der Waals surface area contributed by atoms with Crippen molar-refractivity contribution in [2.45, 2.75) is 26.0 Å². The number of hydrogen-bond donors (Lipinski definition) is 0. The van der Waals surface area contributed by atoms with E-state index < -0.39 is 11.7 Å². The van der Waals surface area contributed by atoms with E-state index in [2.05, 4.69) is 0 Å². The van der Waals surface area contributed by atoms with Gasteiger partial charge in [-0.3, -0.25) is 19.0 Å². The third-order valence-electron chi connectivity index (χ3n) is 5.16. The normalized spacial score (nSPS) is 15.8. The van der Waals surface area contributed by atoms with Crippen LogP contribution in [0.4, 0.5) is 0 Å². The van der Waals surface area contributed by atoms with Crippen LogP contribution in [0, 0.1) is 18.3 Å². The number of ether oxygens (including phenoxy) is 1. The average molecular weight is 375 g/mol. The van der Waals surface area contributed by atoms with E-state index in [9.17, 15) is 14.4 Å². The number of para-hydroxylation sites is 1. The summed E-state index contributed by atoms with van der Waals surface area (Å²) in [5, 5.41) is 9.90. The zero-order valence-electron chi connectivity index (χ0n) is 15.4. The largest absolute Gasteiger partial charge is 0.484 e. The van der Waals surface area contributed by atoms with Gasteiger partial charge in [-0.1, -0.05) is 18.2 Å². The van der Waals surface area contributed by atoms with Gasteiger partial charge in [0.1, 0.15) is 24.0 Å². The molecule has 1 unspecified atom stereocenters. The molecular formula is C21H17N3O4. The van der Waals surface area contributed by atoms with Crippen molar-refractivity contribution in [1.82, 2.24) is 9.13 Å². The van der Waals surface area contributed by atoms with Crippen LogP contribution in [0.1, 0.15) is 34.1 Å². The molecule has 2 aromatic heterocycles. The van der Waals surface area contributed by atoms with Crippen molar-refractivity contribution in [3.63, 3.8) is 0 Å². The first-order valence-corrected chi connectivity index (χ1v) is 8.82. The van der Waals surface area contributed by atoms with Crippen molar-refractivity contribution in [2.75, 3.05) is 0 Å². The van der Waals surface area contributed by atoms with E-state index in [0.717, 1.165) is 5.39 Å². The summed E-state index contributed by atoms with van der Waals surface area (Å²) in [5.41, 5.74) is 0.831. The number of aryl methyl sites for hydroxylation is 1.